The molecule has 1 aromatic carbocycles. The summed E-state index contributed by atoms with van der Waals surface area (Å²) in [6, 6.07) is 7.62. The highest BCUT2D eigenvalue weighted by Crippen LogP contribution is 2.32. The van der Waals surface area contributed by atoms with Crippen molar-refractivity contribution in [1.82, 2.24) is 20.2 Å². The first kappa shape index (κ1) is 16.8. The molecule has 1 aromatic heterocycles. The molecule has 0 saturated heterocycles. The number of nitrogens with zero attached hydrogens (tertiary/aromatic N) is 4. The van der Waals surface area contributed by atoms with Gasteiger partial charge in [-0.15, -0.1) is 5.10 Å². The molecule has 1 amide bonds. The van der Waals surface area contributed by atoms with Gasteiger partial charge >= 0.3 is 0 Å². The third kappa shape index (κ3) is 3.87. The maximum atomic E-state index is 12.4. The van der Waals surface area contributed by atoms with Crippen molar-refractivity contribution in [2.45, 2.75) is 49.1 Å². The summed E-state index contributed by atoms with van der Waals surface area (Å²) >= 11 is 1.39. The third-order valence-corrected chi connectivity index (χ3v) is 5.19. The van der Waals surface area contributed by atoms with E-state index in [-0.39, 0.29) is 11.2 Å². The van der Waals surface area contributed by atoms with E-state index in [4.69, 9.17) is 4.74 Å². The standard InChI is InChI=1S/C16H21N5O2S/c1-11(15(22)17-12-7-9-14(23-2)10-8-12)24-16-18-19-20-21(16)13-5-3-4-6-13/h7-11,13H,3-6H2,1-2H3,(H,17,22). The minimum Gasteiger partial charge on any atom is -0.497 e. The molecule has 24 heavy (non-hydrogen) atoms. The van der Waals surface area contributed by atoms with Crippen LogP contribution in [-0.2, 0) is 4.79 Å². The summed E-state index contributed by atoms with van der Waals surface area (Å²) in [4.78, 5) is 12.4. The largest absolute Gasteiger partial charge is 0.497 e. The maximum absolute atomic E-state index is 12.4. The normalized spacial score (nSPS) is 16.1. The van der Waals surface area contributed by atoms with Crippen molar-refractivity contribution >= 4 is 23.4 Å². The highest BCUT2D eigenvalue weighted by molar-refractivity contribution is 8.00. The Balaban J connectivity index is 1.60. The Labute approximate surface area is 145 Å². The third-order valence-electron chi connectivity index (χ3n) is 4.14. The van der Waals surface area contributed by atoms with Gasteiger partial charge in [-0.05, 0) is 54.5 Å². The number of hydrogen-bond acceptors (Lipinski definition) is 6. The average molecular weight is 347 g/mol. The molecule has 1 unspecified atom stereocenters. The number of nitrogens with one attached hydrogen (secondary N) is 1. The quantitative estimate of drug-likeness (QED) is 0.809. The Bertz CT molecular complexity index is 682. The molecule has 0 aliphatic heterocycles. The van der Waals surface area contributed by atoms with Crippen molar-refractivity contribution in [2.75, 3.05) is 12.4 Å². The lowest BCUT2D eigenvalue weighted by atomic mass is 10.3. The highest BCUT2D eigenvalue weighted by Gasteiger charge is 2.24. The maximum Gasteiger partial charge on any atom is 0.237 e. The van der Waals surface area contributed by atoms with Crippen LogP contribution >= 0.6 is 11.8 Å². The number of rotatable bonds is 6. The first-order chi connectivity index (χ1) is 11.7. The topological polar surface area (TPSA) is 81.9 Å². The predicted octanol–water partition coefficient (Wildman–Crippen LogP) is 2.92. The number of thioether (sulfide) groups is 1. The van der Waals surface area contributed by atoms with Crippen molar-refractivity contribution in [1.29, 1.82) is 0 Å². The molecule has 0 radical (unpaired) electrons. The van der Waals surface area contributed by atoms with Crippen molar-refractivity contribution < 1.29 is 9.53 Å². The van der Waals surface area contributed by atoms with Crippen LogP contribution in [0.4, 0.5) is 5.69 Å². The predicted molar refractivity (Wildman–Crippen MR) is 92.3 cm³/mol. The van der Waals surface area contributed by atoms with Gasteiger partial charge in [-0.1, -0.05) is 24.6 Å². The summed E-state index contributed by atoms with van der Waals surface area (Å²) in [5.41, 5.74) is 0.739. The van der Waals surface area contributed by atoms with Gasteiger partial charge in [-0.3, -0.25) is 4.79 Å². The van der Waals surface area contributed by atoms with Gasteiger partial charge < -0.3 is 10.1 Å². The fraction of sp³-hybridized carbons (Fsp3) is 0.500. The minimum absolute atomic E-state index is 0.0776. The van der Waals surface area contributed by atoms with Crippen LogP contribution < -0.4 is 10.1 Å². The highest BCUT2D eigenvalue weighted by atomic mass is 32.2. The molecule has 8 heteroatoms. The second kappa shape index (κ2) is 7.65. The van der Waals surface area contributed by atoms with E-state index < -0.39 is 0 Å². The van der Waals surface area contributed by atoms with Gasteiger partial charge in [0.2, 0.25) is 11.1 Å². The number of aromatic nitrogens is 4. The van der Waals surface area contributed by atoms with Gasteiger partial charge in [0, 0.05) is 5.69 Å². The Morgan fingerprint density at radius 2 is 2.04 bits per heavy atom. The molecule has 1 N–H and O–H groups in total. The van der Waals surface area contributed by atoms with Crippen molar-refractivity contribution in [3.63, 3.8) is 0 Å². The molecule has 1 saturated carbocycles. The Morgan fingerprint density at radius 3 is 2.71 bits per heavy atom. The molecule has 128 valence electrons. The van der Waals surface area contributed by atoms with Crippen LogP contribution in [0.5, 0.6) is 5.75 Å². The second-order valence-electron chi connectivity index (χ2n) is 5.82. The molecule has 1 atom stereocenters. The van der Waals surface area contributed by atoms with Crippen LogP contribution in [0.2, 0.25) is 0 Å². The van der Waals surface area contributed by atoms with E-state index >= 15 is 0 Å². The van der Waals surface area contributed by atoms with E-state index in [0.29, 0.717) is 11.2 Å². The fourth-order valence-electron chi connectivity index (χ4n) is 2.77. The Hall–Kier alpha value is -2.09. The van der Waals surface area contributed by atoms with Gasteiger partial charge in [0.1, 0.15) is 5.75 Å². The number of carbonyl (C=O) groups excluding carboxylic acids is 1. The van der Waals surface area contributed by atoms with Crippen LogP contribution in [0.1, 0.15) is 38.6 Å². The van der Waals surface area contributed by atoms with E-state index in [9.17, 15) is 4.79 Å². The van der Waals surface area contributed by atoms with Crippen LogP contribution in [0.25, 0.3) is 0 Å². The molecule has 0 spiro atoms. The van der Waals surface area contributed by atoms with E-state index in [1.165, 1.54) is 24.6 Å². The number of tetrazole rings is 1. The summed E-state index contributed by atoms with van der Waals surface area (Å²) in [7, 11) is 1.61. The number of benzene rings is 1. The number of anilines is 1. The molecular weight excluding hydrogens is 326 g/mol. The summed E-state index contributed by atoms with van der Waals surface area (Å²) in [6.07, 6.45) is 4.63. The number of methoxy groups -OCH3 is 1. The van der Waals surface area contributed by atoms with E-state index in [1.807, 2.05) is 35.9 Å². The molecule has 0 bridgehead atoms. The SMILES string of the molecule is COc1ccc(NC(=O)C(C)Sc2nnnn2C2CCCC2)cc1. The number of ether oxygens (including phenoxy) is 1. The van der Waals surface area contributed by atoms with Crippen LogP contribution in [0.15, 0.2) is 29.4 Å². The average Bonchev–Trinajstić information content (AvgIpc) is 3.26. The zero-order chi connectivity index (χ0) is 16.9. The first-order valence-electron chi connectivity index (χ1n) is 8.07. The van der Waals surface area contributed by atoms with Gasteiger partial charge in [0.15, 0.2) is 0 Å². The summed E-state index contributed by atoms with van der Waals surface area (Å²) < 4.78 is 6.98. The molecule has 1 aliphatic carbocycles. The van der Waals surface area contributed by atoms with Crippen LogP contribution in [-0.4, -0.2) is 38.5 Å². The molecule has 1 aliphatic rings. The van der Waals surface area contributed by atoms with Crippen LogP contribution in [0, 0.1) is 0 Å². The molecule has 1 heterocycles. The summed E-state index contributed by atoms with van der Waals surface area (Å²) in [6.45, 7) is 1.86. The van der Waals surface area contributed by atoms with Crippen molar-refractivity contribution in [3.8, 4) is 5.75 Å². The number of hydrogen-bond donors (Lipinski definition) is 1. The van der Waals surface area contributed by atoms with Crippen molar-refractivity contribution in [3.05, 3.63) is 24.3 Å². The molecular formula is C16H21N5O2S. The van der Waals surface area contributed by atoms with Crippen LogP contribution in [0.3, 0.4) is 0 Å². The lowest BCUT2D eigenvalue weighted by Crippen LogP contribution is -2.23. The van der Waals surface area contributed by atoms with Gasteiger partial charge in [-0.2, -0.15) is 0 Å². The number of carbonyl (C=O) groups is 1. The minimum atomic E-state index is -0.293. The second-order valence-corrected chi connectivity index (χ2v) is 7.13. The number of amides is 1. The first-order valence-corrected chi connectivity index (χ1v) is 8.95. The zero-order valence-corrected chi connectivity index (χ0v) is 14.6. The Morgan fingerprint density at radius 1 is 1.33 bits per heavy atom. The van der Waals surface area contributed by atoms with E-state index in [2.05, 4.69) is 20.8 Å². The zero-order valence-electron chi connectivity index (χ0n) is 13.8. The van der Waals surface area contributed by atoms with Gasteiger partial charge in [0.05, 0.1) is 18.4 Å². The van der Waals surface area contributed by atoms with E-state index in [0.717, 1.165) is 24.3 Å². The van der Waals surface area contributed by atoms with E-state index in [1.54, 1.807) is 7.11 Å². The fourth-order valence-corrected chi connectivity index (χ4v) is 3.63. The smallest absolute Gasteiger partial charge is 0.237 e. The summed E-state index contributed by atoms with van der Waals surface area (Å²) in [5.74, 6) is 0.678. The molecule has 7 nitrogen and oxygen atoms in total. The van der Waals surface area contributed by atoms with Gasteiger partial charge in [-0.25, -0.2) is 4.68 Å². The van der Waals surface area contributed by atoms with Crippen molar-refractivity contribution in [2.24, 2.45) is 0 Å². The molecule has 1 fully saturated rings. The molecule has 3 rings (SSSR count). The van der Waals surface area contributed by atoms with Gasteiger partial charge in [0.25, 0.3) is 0 Å². The lowest BCUT2D eigenvalue weighted by Gasteiger charge is -2.14. The molecule has 2 aromatic rings. The lowest BCUT2D eigenvalue weighted by molar-refractivity contribution is -0.115. The Kier molecular flexibility index (Phi) is 5.34. The monoisotopic (exact) mass is 347 g/mol. The summed E-state index contributed by atoms with van der Waals surface area (Å²) in [5, 5.41) is 15.3.